The summed E-state index contributed by atoms with van der Waals surface area (Å²) in [4.78, 5) is 130. The third kappa shape index (κ3) is 18.0. The number of rotatable bonds is 34. The molecule has 5 N–H and O–H groups in total. The predicted molar refractivity (Wildman–Crippen MR) is 387 cm³/mol. The van der Waals surface area contributed by atoms with Gasteiger partial charge in [-0.3, -0.25) is 58.0 Å². The van der Waals surface area contributed by atoms with Crippen molar-refractivity contribution in [2.75, 3.05) is 106 Å². The molecule has 0 fully saturated rings. The first-order valence-electron chi connectivity index (χ1n) is 34.7. The van der Waals surface area contributed by atoms with Gasteiger partial charge in [0.1, 0.15) is 31.9 Å². The molecule has 5 aliphatic rings. The zero-order valence-corrected chi connectivity index (χ0v) is 59.0. The summed E-state index contributed by atoms with van der Waals surface area (Å²) >= 11 is 0. The number of benzene rings is 6. The number of para-hydroxylation sites is 2. The van der Waals surface area contributed by atoms with E-state index in [4.69, 9.17) is 42.9 Å². The molecule has 0 bridgehead atoms. The molecular formula is C77H86N10O17. The molecule has 27 nitrogen and oxygen atoms in total. The van der Waals surface area contributed by atoms with Crippen molar-refractivity contribution < 1.29 is 81.0 Å². The number of hydrogen-bond donors (Lipinski definition) is 5. The maximum atomic E-state index is 14.9. The summed E-state index contributed by atoms with van der Waals surface area (Å²) in [6.45, 7) is 7.70. The third-order valence-electron chi connectivity index (χ3n) is 18.3. The first-order valence-corrected chi connectivity index (χ1v) is 34.7. The van der Waals surface area contributed by atoms with Crippen LogP contribution in [0.15, 0.2) is 132 Å². The molecule has 6 aromatic carbocycles. The van der Waals surface area contributed by atoms with Crippen molar-refractivity contribution in [2.24, 2.45) is 10.9 Å². The largest absolute Gasteiger partial charge is 0.493 e. The number of imide groups is 1. The average Bonchev–Trinajstić information content (AvgIpc) is 1.63. The second-order valence-corrected chi connectivity index (χ2v) is 25.9. The van der Waals surface area contributed by atoms with Gasteiger partial charge in [0, 0.05) is 99.3 Å². The molecular weight excluding hydrogens is 1340 g/mol. The van der Waals surface area contributed by atoms with Gasteiger partial charge in [0.25, 0.3) is 23.6 Å². The van der Waals surface area contributed by atoms with Gasteiger partial charge in [0.05, 0.1) is 88.4 Å². The topological polar surface area (TPSA) is 313 Å². The van der Waals surface area contributed by atoms with Gasteiger partial charge in [-0.05, 0) is 115 Å². The van der Waals surface area contributed by atoms with Crippen molar-refractivity contribution in [1.29, 1.82) is 0 Å². The van der Waals surface area contributed by atoms with Crippen molar-refractivity contribution >= 4 is 93.7 Å². The first kappa shape index (κ1) is 74.0. The lowest BCUT2D eigenvalue weighted by molar-refractivity contribution is -0.137. The molecule has 27 heteroatoms. The molecule has 5 aliphatic heterocycles. The highest BCUT2D eigenvalue weighted by atomic mass is 16.6. The first-order chi connectivity index (χ1) is 50.4. The van der Waals surface area contributed by atoms with Gasteiger partial charge in [0.2, 0.25) is 23.6 Å². The van der Waals surface area contributed by atoms with Gasteiger partial charge in [-0.1, -0.05) is 62.4 Å². The number of fused-ring (bicyclic) bond motifs is 8. The minimum absolute atomic E-state index is 0.0123. The Morgan fingerprint density at radius 3 is 1.87 bits per heavy atom. The van der Waals surface area contributed by atoms with Crippen molar-refractivity contribution in [3.05, 3.63) is 166 Å². The van der Waals surface area contributed by atoms with E-state index in [9.17, 15) is 43.2 Å². The molecule has 0 spiro atoms. The fraction of sp³-hybridized carbons (Fsp3) is 0.377. The summed E-state index contributed by atoms with van der Waals surface area (Å²) in [5, 5.41) is 14.4. The van der Waals surface area contributed by atoms with E-state index >= 15 is 0 Å². The number of ether oxygens (including phenoxy) is 8. The Balaban J connectivity index is 0.737. The number of nitrogens with one attached hydrogen (secondary N) is 5. The number of carbonyl (C=O) groups excluding carboxylic acids is 9. The smallest absolute Gasteiger partial charge is 0.414 e. The highest BCUT2D eigenvalue weighted by Crippen LogP contribution is 2.45. The van der Waals surface area contributed by atoms with Crippen molar-refractivity contribution in [1.82, 2.24) is 20.9 Å². The molecule has 11 rings (SSSR count). The fourth-order valence-electron chi connectivity index (χ4n) is 12.9. The zero-order chi connectivity index (χ0) is 73.4. The number of anilines is 5. The van der Waals surface area contributed by atoms with E-state index in [2.05, 4.69) is 26.6 Å². The maximum Gasteiger partial charge on any atom is 0.414 e. The van der Waals surface area contributed by atoms with E-state index in [0.29, 0.717) is 99.3 Å². The van der Waals surface area contributed by atoms with Crippen LogP contribution >= 0.6 is 0 Å². The Morgan fingerprint density at radius 2 is 1.19 bits per heavy atom. The minimum atomic E-state index is -1.02. The number of unbranched alkanes of at least 4 members (excludes halogenated alkanes) is 1. The molecule has 0 aromatic heterocycles. The Hall–Kier alpha value is -11.2. The van der Waals surface area contributed by atoms with E-state index in [1.807, 2.05) is 66.7 Å². The SMILES string of the molecule is COCCOCCOCCNc1cc(COc2cc3c(cc2OC)C(=O)N2c4ccccc4C[C@H]2C=N3)cc(COc2cc3c(cc2OC)C(=O)N2c4ccccc4C[C@H]2CN3C(=O)OCc2ccc(NC(=O)[C@H](C)NC(=O)[C@@H](NC(=O)CCCCC(=O)NCCN3C(=O)C=CC3=O)C(C)C)cc2)c1. The molecule has 5 heterocycles. The van der Waals surface area contributed by atoms with E-state index < -0.39 is 53.8 Å². The summed E-state index contributed by atoms with van der Waals surface area (Å²) in [5.41, 5.74) is 8.04. The summed E-state index contributed by atoms with van der Waals surface area (Å²) in [7, 11) is 4.61. The Kier molecular flexibility index (Phi) is 24.7. The lowest BCUT2D eigenvalue weighted by atomic mass is 10.0. The molecule has 546 valence electrons. The molecule has 9 amide bonds. The van der Waals surface area contributed by atoms with Gasteiger partial charge in [-0.25, -0.2) is 4.79 Å². The molecule has 6 aromatic rings. The average molecular weight is 1420 g/mol. The minimum Gasteiger partial charge on any atom is -0.493 e. The van der Waals surface area contributed by atoms with Crippen LogP contribution in [-0.4, -0.2) is 169 Å². The molecule has 0 saturated carbocycles. The summed E-state index contributed by atoms with van der Waals surface area (Å²) in [6, 6.07) is 31.8. The van der Waals surface area contributed by atoms with Crippen molar-refractivity contribution in [3.8, 4) is 23.0 Å². The summed E-state index contributed by atoms with van der Waals surface area (Å²) in [6.07, 6.45) is 5.44. The predicted octanol–water partition coefficient (Wildman–Crippen LogP) is 8.15. The highest BCUT2D eigenvalue weighted by molar-refractivity contribution is 6.16. The van der Waals surface area contributed by atoms with Crippen LogP contribution in [0.2, 0.25) is 0 Å². The summed E-state index contributed by atoms with van der Waals surface area (Å²) in [5.74, 6) is -2.31. The number of carbonyl (C=O) groups is 9. The van der Waals surface area contributed by atoms with Crippen LogP contribution < -0.4 is 60.2 Å². The van der Waals surface area contributed by atoms with Crippen molar-refractivity contribution in [2.45, 2.75) is 103 Å². The van der Waals surface area contributed by atoms with Crippen LogP contribution in [0, 0.1) is 5.92 Å². The van der Waals surface area contributed by atoms with Crippen LogP contribution in [0.5, 0.6) is 23.0 Å². The molecule has 104 heavy (non-hydrogen) atoms. The van der Waals surface area contributed by atoms with Crippen LogP contribution in [-0.2, 0) is 80.4 Å². The molecule has 0 aliphatic carbocycles. The second kappa shape index (κ2) is 34.7. The lowest BCUT2D eigenvalue weighted by Crippen LogP contribution is -2.53. The number of amides is 9. The maximum absolute atomic E-state index is 14.9. The van der Waals surface area contributed by atoms with E-state index in [1.165, 1.54) is 38.2 Å². The third-order valence-corrected chi connectivity index (χ3v) is 18.3. The van der Waals surface area contributed by atoms with E-state index in [-0.39, 0.29) is 105 Å². The van der Waals surface area contributed by atoms with Crippen LogP contribution in [0.25, 0.3) is 0 Å². The van der Waals surface area contributed by atoms with Crippen LogP contribution in [0.4, 0.5) is 38.9 Å². The summed E-state index contributed by atoms with van der Waals surface area (Å²) < 4.78 is 47.5. The number of hydrogen-bond acceptors (Lipinski definition) is 19. The van der Waals surface area contributed by atoms with Crippen LogP contribution in [0.3, 0.4) is 0 Å². The Labute approximate surface area is 602 Å². The Morgan fingerprint density at radius 1 is 0.577 bits per heavy atom. The van der Waals surface area contributed by atoms with Gasteiger partial charge in [0.15, 0.2) is 23.0 Å². The molecule has 4 atom stereocenters. The molecule has 0 radical (unpaired) electrons. The number of aliphatic imine (C=N–C) groups is 1. The zero-order valence-electron chi connectivity index (χ0n) is 59.0. The quantitative estimate of drug-likeness (QED) is 0.0188. The van der Waals surface area contributed by atoms with E-state index in [0.717, 1.165) is 44.2 Å². The van der Waals surface area contributed by atoms with E-state index in [1.54, 1.807) is 85.5 Å². The normalized spacial score (nSPS) is 15.9. The highest BCUT2D eigenvalue weighted by Gasteiger charge is 2.43. The van der Waals surface area contributed by atoms with Crippen LogP contribution in [0.1, 0.15) is 95.0 Å². The van der Waals surface area contributed by atoms with Gasteiger partial charge < -0.3 is 69.4 Å². The van der Waals surface area contributed by atoms with Gasteiger partial charge >= 0.3 is 6.09 Å². The Bertz CT molecular complexity index is 4240. The fourth-order valence-corrected chi connectivity index (χ4v) is 12.9. The number of methoxy groups -OCH3 is 3. The number of nitrogens with zero attached hydrogens (tertiary/aromatic N) is 5. The molecule has 0 saturated heterocycles. The molecule has 0 unspecified atom stereocenters. The van der Waals surface area contributed by atoms with Gasteiger partial charge in [-0.2, -0.15) is 0 Å². The lowest BCUT2D eigenvalue weighted by Gasteiger charge is -2.26. The standard InChI is InChI=1S/C77H86N10O17/c1-47(2)72(83-69(89)18-12-11-17-68(88)79-25-27-84-70(90)23-24-71(84)91)74(93)81-48(3)73(92)82-54-21-19-49(20-22-54)44-104-77(96)85-43-57-37-53-14-8-10-16-62(53)87(57)76(95)59-39-65(99-6)67(41-63(59)85)103-46-51-33-50(34-55(35-51)78-26-28-100-31-32-101-30-29-97-4)45-102-66-40-60-58(38-64(66)98-5)75(94)86-56(42-80-60)36-52-13-7-9-15-61(52)86/h7-10,13-16,19-24,33-35,38-42,47-48,56-57,72,78H,11-12,17-18,25-32,36-37,43-46H2,1-6H3,(H,79,88)(H,81,93)(H,82,92)(H,83,89)/t48-,56-,57-,72-/m0/s1. The second-order valence-electron chi connectivity index (χ2n) is 25.9. The monoisotopic (exact) mass is 1420 g/mol. The van der Waals surface area contributed by atoms with Gasteiger partial charge in [-0.15, -0.1) is 0 Å². The van der Waals surface area contributed by atoms with Crippen molar-refractivity contribution in [3.63, 3.8) is 0 Å².